The highest BCUT2D eigenvalue weighted by Crippen LogP contribution is 2.41. The number of fused-ring (bicyclic) bond motifs is 7. The second kappa shape index (κ2) is 9.79. The van der Waals surface area contributed by atoms with Gasteiger partial charge in [-0.15, -0.1) is 0 Å². The average molecular weight is 563 g/mol. The molecular weight excluding hydrogens is 536 g/mol. The zero-order valence-corrected chi connectivity index (χ0v) is 23.8. The van der Waals surface area contributed by atoms with Gasteiger partial charge in [-0.1, -0.05) is 109 Å². The van der Waals surface area contributed by atoms with E-state index in [-0.39, 0.29) is 0 Å². The maximum atomic E-state index is 5.23. The fraction of sp³-hybridized carbons (Fsp3) is 0. The SMILES string of the molecule is c1ccc(-c2cc(-c3ccccc3)nc(-n3c4ccc5ccccc5c4c4c5ccn(-c6ccccc6)c5ccc43)n2)cc1. The number of aromatic nitrogens is 4. The van der Waals surface area contributed by atoms with Crippen LogP contribution in [0.1, 0.15) is 0 Å². The Hall–Kier alpha value is -6.00. The standard InChI is InChI=1S/C40H26N4/c1-4-13-28(14-5-1)33-26-34(29-15-6-2-7-16-29)42-40(41-33)44-36-21-20-27-12-10-11-19-31(27)38(36)39-32-24-25-43(30-17-8-3-9-18-30)35(32)22-23-37(39)44/h1-26H. The monoisotopic (exact) mass is 562 g/mol. The summed E-state index contributed by atoms with van der Waals surface area (Å²) in [5, 5.41) is 6.05. The van der Waals surface area contributed by atoms with Crippen LogP contribution in [-0.4, -0.2) is 19.1 Å². The van der Waals surface area contributed by atoms with Crippen LogP contribution < -0.4 is 0 Å². The van der Waals surface area contributed by atoms with Crippen LogP contribution in [0.5, 0.6) is 0 Å². The Morgan fingerprint density at radius 1 is 0.432 bits per heavy atom. The van der Waals surface area contributed by atoms with Crippen molar-refractivity contribution in [2.45, 2.75) is 0 Å². The predicted octanol–water partition coefficient (Wildman–Crippen LogP) is 10.0. The Morgan fingerprint density at radius 2 is 0.977 bits per heavy atom. The van der Waals surface area contributed by atoms with Crippen LogP contribution in [0.2, 0.25) is 0 Å². The Balaban J connectivity index is 1.41. The van der Waals surface area contributed by atoms with Crippen molar-refractivity contribution in [3.8, 4) is 34.2 Å². The van der Waals surface area contributed by atoms with E-state index in [4.69, 9.17) is 9.97 Å². The molecule has 0 saturated heterocycles. The van der Waals surface area contributed by atoms with Gasteiger partial charge in [0, 0.05) is 39.2 Å². The molecule has 0 N–H and O–H groups in total. The summed E-state index contributed by atoms with van der Waals surface area (Å²) >= 11 is 0. The third-order valence-electron chi connectivity index (χ3n) is 8.58. The second-order valence-electron chi connectivity index (χ2n) is 11.1. The molecule has 0 saturated carbocycles. The molecule has 3 heterocycles. The number of benzene rings is 6. The largest absolute Gasteiger partial charge is 0.317 e. The Labute approximate surface area is 254 Å². The van der Waals surface area contributed by atoms with Crippen molar-refractivity contribution in [1.29, 1.82) is 0 Å². The van der Waals surface area contributed by atoms with Gasteiger partial charge in [0.05, 0.1) is 27.9 Å². The number of para-hydroxylation sites is 1. The van der Waals surface area contributed by atoms with Gasteiger partial charge in [-0.3, -0.25) is 4.57 Å². The molecule has 0 atom stereocenters. The molecule has 206 valence electrons. The van der Waals surface area contributed by atoms with E-state index in [1.165, 1.54) is 32.4 Å². The second-order valence-corrected chi connectivity index (χ2v) is 11.1. The fourth-order valence-corrected chi connectivity index (χ4v) is 6.57. The molecule has 6 aromatic carbocycles. The van der Waals surface area contributed by atoms with Crippen molar-refractivity contribution < 1.29 is 0 Å². The van der Waals surface area contributed by atoms with E-state index in [1.54, 1.807) is 0 Å². The van der Waals surface area contributed by atoms with Gasteiger partial charge in [0.15, 0.2) is 0 Å². The van der Waals surface area contributed by atoms with Crippen LogP contribution in [0.3, 0.4) is 0 Å². The van der Waals surface area contributed by atoms with Gasteiger partial charge in [-0.25, -0.2) is 9.97 Å². The smallest absolute Gasteiger partial charge is 0.235 e. The number of rotatable bonds is 4. The van der Waals surface area contributed by atoms with E-state index < -0.39 is 0 Å². The Bertz CT molecular complexity index is 2420. The van der Waals surface area contributed by atoms with E-state index in [1.807, 2.05) is 12.1 Å². The summed E-state index contributed by atoms with van der Waals surface area (Å²) in [6, 6.07) is 53.1. The van der Waals surface area contributed by atoms with Crippen LogP contribution in [-0.2, 0) is 0 Å². The molecule has 0 aliphatic carbocycles. The van der Waals surface area contributed by atoms with Crippen LogP contribution in [0.4, 0.5) is 0 Å². The maximum absolute atomic E-state index is 5.23. The molecular formula is C40H26N4. The highest BCUT2D eigenvalue weighted by Gasteiger charge is 2.21. The van der Waals surface area contributed by atoms with Gasteiger partial charge in [0.25, 0.3) is 0 Å². The molecule has 0 spiro atoms. The van der Waals surface area contributed by atoms with Crippen molar-refractivity contribution >= 4 is 43.5 Å². The van der Waals surface area contributed by atoms with E-state index >= 15 is 0 Å². The molecule has 0 aliphatic rings. The minimum atomic E-state index is 0.655. The molecule has 4 nitrogen and oxygen atoms in total. The summed E-state index contributed by atoms with van der Waals surface area (Å²) < 4.78 is 4.51. The van der Waals surface area contributed by atoms with Crippen molar-refractivity contribution in [3.05, 3.63) is 158 Å². The van der Waals surface area contributed by atoms with Gasteiger partial charge in [-0.05, 0) is 53.2 Å². The zero-order valence-electron chi connectivity index (χ0n) is 23.8. The molecule has 44 heavy (non-hydrogen) atoms. The van der Waals surface area contributed by atoms with Gasteiger partial charge >= 0.3 is 0 Å². The lowest BCUT2D eigenvalue weighted by molar-refractivity contribution is 0.996. The maximum Gasteiger partial charge on any atom is 0.235 e. The van der Waals surface area contributed by atoms with Crippen molar-refractivity contribution in [2.75, 3.05) is 0 Å². The average Bonchev–Trinajstić information content (AvgIpc) is 3.69. The summed E-state index contributed by atoms with van der Waals surface area (Å²) in [7, 11) is 0. The minimum absolute atomic E-state index is 0.655. The van der Waals surface area contributed by atoms with E-state index in [0.29, 0.717) is 5.95 Å². The van der Waals surface area contributed by atoms with Gasteiger partial charge in [0.1, 0.15) is 0 Å². The molecule has 0 aliphatic heterocycles. The lowest BCUT2D eigenvalue weighted by Crippen LogP contribution is -2.04. The molecule has 4 heteroatoms. The zero-order chi connectivity index (χ0) is 29.0. The van der Waals surface area contributed by atoms with Gasteiger partial charge in [-0.2, -0.15) is 0 Å². The first-order valence-corrected chi connectivity index (χ1v) is 14.9. The summed E-state index contributed by atoms with van der Waals surface area (Å²) in [5.74, 6) is 0.655. The lowest BCUT2D eigenvalue weighted by atomic mass is 10.0. The number of nitrogens with zero attached hydrogens (tertiary/aromatic N) is 4. The Morgan fingerprint density at radius 3 is 1.66 bits per heavy atom. The highest BCUT2D eigenvalue weighted by molar-refractivity contribution is 6.28. The quantitative estimate of drug-likeness (QED) is 0.214. The van der Waals surface area contributed by atoms with Crippen LogP contribution in [0, 0.1) is 0 Å². The first-order valence-electron chi connectivity index (χ1n) is 14.9. The number of hydrogen-bond acceptors (Lipinski definition) is 2. The molecule has 9 aromatic rings. The van der Waals surface area contributed by atoms with Crippen LogP contribution in [0.25, 0.3) is 77.6 Å². The lowest BCUT2D eigenvalue weighted by Gasteiger charge is -2.12. The van der Waals surface area contributed by atoms with E-state index in [2.05, 4.69) is 155 Å². The first kappa shape index (κ1) is 24.6. The molecule has 3 aromatic heterocycles. The van der Waals surface area contributed by atoms with Gasteiger partial charge in [0.2, 0.25) is 5.95 Å². The third kappa shape index (κ3) is 3.78. The minimum Gasteiger partial charge on any atom is -0.317 e. The van der Waals surface area contributed by atoms with Crippen molar-refractivity contribution in [2.24, 2.45) is 0 Å². The summed E-state index contributed by atoms with van der Waals surface area (Å²) in [6.45, 7) is 0. The fourth-order valence-electron chi connectivity index (χ4n) is 6.57. The van der Waals surface area contributed by atoms with E-state index in [0.717, 1.165) is 39.2 Å². The third-order valence-corrected chi connectivity index (χ3v) is 8.58. The summed E-state index contributed by atoms with van der Waals surface area (Å²) in [6.07, 6.45) is 2.17. The molecule has 0 bridgehead atoms. The molecule has 0 radical (unpaired) electrons. The number of hydrogen-bond donors (Lipinski definition) is 0. The molecule has 0 fully saturated rings. The highest BCUT2D eigenvalue weighted by atomic mass is 15.2. The molecule has 9 rings (SSSR count). The summed E-state index contributed by atoms with van der Waals surface area (Å²) in [4.78, 5) is 10.5. The predicted molar refractivity (Wildman–Crippen MR) is 182 cm³/mol. The normalized spacial score (nSPS) is 11.6. The molecule has 0 unspecified atom stereocenters. The summed E-state index contributed by atoms with van der Waals surface area (Å²) in [5.41, 5.74) is 8.37. The van der Waals surface area contributed by atoms with Gasteiger partial charge < -0.3 is 4.57 Å². The Kier molecular flexibility index (Phi) is 5.47. The van der Waals surface area contributed by atoms with E-state index in [9.17, 15) is 0 Å². The molecule has 0 amide bonds. The first-order chi connectivity index (χ1) is 21.8. The van der Waals surface area contributed by atoms with Crippen molar-refractivity contribution in [1.82, 2.24) is 19.1 Å². The van der Waals surface area contributed by atoms with Crippen molar-refractivity contribution in [3.63, 3.8) is 0 Å². The topological polar surface area (TPSA) is 35.6 Å². The van der Waals surface area contributed by atoms with Crippen LogP contribution >= 0.6 is 0 Å². The van der Waals surface area contributed by atoms with Crippen LogP contribution in [0.15, 0.2) is 158 Å².